The monoisotopic (exact) mass is 385 g/mol. The predicted octanol–water partition coefficient (Wildman–Crippen LogP) is 0.902. The molecule has 0 spiro atoms. The van der Waals surface area contributed by atoms with E-state index in [1.54, 1.807) is 7.11 Å². The number of hydrogen-bond acceptors (Lipinski definition) is 5. The molecule has 0 aromatic heterocycles. The largest absolute Gasteiger partial charge is 0.392 e. The second kappa shape index (κ2) is 10.8. The number of ether oxygens (including phenoxy) is 1. The Morgan fingerprint density at radius 2 is 1.96 bits per heavy atom. The molecule has 0 saturated carbocycles. The summed E-state index contributed by atoms with van der Waals surface area (Å²) in [5, 5.41) is 12.9. The van der Waals surface area contributed by atoms with Crippen LogP contribution in [0, 0.1) is 0 Å². The average Bonchev–Trinajstić information content (AvgIpc) is 2.54. The van der Waals surface area contributed by atoms with Crippen LogP contribution >= 0.6 is 24.8 Å². The van der Waals surface area contributed by atoms with Gasteiger partial charge in [0, 0.05) is 39.3 Å². The van der Waals surface area contributed by atoms with Crippen LogP contribution in [0.5, 0.6) is 0 Å². The van der Waals surface area contributed by atoms with Crippen molar-refractivity contribution in [2.75, 3.05) is 46.4 Å². The Hall–Kier alpha value is -0.110. The summed E-state index contributed by atoms with van der Waals surface area (Å²) in [6.45, 7) is 8.59. The summed E-state index contributed by atoms with van der Waals surface area (Å²) < 4.78 is 5.67. The van der Waals surface area contributed by atoms with E-state index in [1.165, 1.54) is 0 Å². The molecule has 8 heteroatoms. The van der Waals surface area contributed by atoms with Crippen LogP contribution in [0.15, 0.2) is 0 Å². The van der Waals surface area contributed by atoms with Gasteiger partial charge in [-0.1, -0.05) is 6.92 Å². The highest BCUT2D eigenvalue weighted by Gasteiger charge is 2.44. The SMILES string of the molecule is CCC1CN(C(=O)C2(OC)CCNCC2)CCN1CC(C)O.Cl.Cl. The van der Waals surface area contributed by atoms with E-state index in [4.69, 9.17) is 4.74 Å². The number of halogens is 2. The fraction of sp³-hybridized carbons (Fsp3) is 0.938. The second-order valence-corrected chi connectivity index (χ2v) is 6.61. The number of hydrogen-bond donors (Lipinski definition) is 2. The molecule has 2 aliphatic rings. The maximum absolute atomic E-state index is 13.0. The molecule has 0 aliphatic carbocycles. The van der Waals surface area contributed by atoms with Crippen molar-refractivity contribution < 1.29 is 14.6 Å². The Morgan fingerprint density at radius 1 is 1.33 bits per heavy atom. The summed E-state index contributed by atoms with van der Waals surface area (Å²) in [4.78, 5) is 17.3. The minimum Gasteiger partial charge on any atom is -0.392 e. The number of piperidine rings is 1. The van der Waals surface area contributed by atoms with Gasteiger partial charge in [0.25, 0.3) is 5.91 Å². The first-order valence-corrected chi connectivity index (χ1v) is 8.49. The van der Waals surface area contributed by atoms with E-state index in [1.807, 2.05) is 11.8 Å². The minimum atomic E-state index is -0.643. The fourth-order valence-corrected chi connectivity index (χ4v) is 3.67. The van der Waals surface area contributed by atoms with Crippen LogP contribution in [0.2, 0.25) is 0 Å². The molecule has 24 heavy (non-hydrogen) atoms. The van der Waals surface area contributed by atoms with Gasteiger partial charge in [0.15, 0.2) is 0 Å². The lowest BCUT2D eigenvalue weighted by Crippen LogP contribution is -2.62. The molecule has 1 amide bonds. The molecule has 2 heterocycles. The van der Waals surface area contributed by atoms with Crippen molar-refractivity contribution in [2.24, 2.45) is 0 Å². The Bertz CT molecular complexity index is 380. The number of nitrogens with one attached hydrogen (secondary N) is 1. The molecule has 144 valence electrons. The lowest BCUT2D eigenvalue weighted by molar-refractivity contribution is -0.161. The normalized spacial score (nSPS) is 25.3. The molecule has 0 radical (unpaired) electrons. The van der Waals surface area contributed by atoms with Gasteiger partial charge in [0.05, 0.1) is 6.10 Å². The van der Waals surface area contributed by atoms with Gasteiger partial charge in [-0.15, -0.1) is 24.8 Å². The van der Waals surface area contributed by atoms with Crippen LogP contribution in [0.25, 0.3) is 0 Å². The van der Waals surface area contributed by atoms with Crippen molar-refractivity contribution >= 4 is 30.7 Å². The third kappa shape index (κ3) is 5.44. The number of rotatable bonds is 5. The van der Waals surface area contributed by atoms with Crippen molar-refractivity contribution in [1.29, 1.82) is 0 Å². The van der Waals surface area contributed by atoms with Crippen LogP contribution in [0.3, 0.4) is 0 Å². The maximum Gasteiger partial charge on any atom is 0.255 e. The van der Waals surface area contributed by atoms with E-state index in [9.17, 15) is 9.90 Å². The topological polar surface area (TPSA) is 65.0 Å². The van der Waals surface area contributed by atoms with Gasteiger partial charge in [-0.2, -0.15) is 0 Å². The van der Waals surface area contributed by atoms with E-state index >= 15 is 0 Å². The van der Waals surface area contributed by atoms with Gasteiger partial charge in [-0.05, 0) is 39.3 Å². The number of carbonyl (C=O) groups excluding carboxylic acids is 1. The molecule has 2 aliphatic heterocycles. The summed E-state index contributed by atoms with van der Waals surface area (Å²) in [7, 11) is 1.66. The van der Waals surface area contributed by atoms with Gasteiger partial charge < -0.3 is 20.1 Å². The molecule has 2 unspecified atom stereocenters. The molecule has 2 N–H and O–H groups in total. The van der Waals surface area contributed by atoms with Crippen LogP contribution in [0.1, 0.15) is 33.1 Å². The highest BCUT2D eigenvalue weighted by atomic mass is 35.5. The number of β-amino-alcohol motifs (C(OH)–C–C–N with tert-alkyl or cyclic N) is 1. The molecule has 0 bridgehead atoms. The van der Waals surface area contributed by atoms with Gasteiger partial charge in [-0.25, -0.2) is 0 Å². The van der Waals surface area contributed by atoms with Crippen molar-refractivity contribution in [1.82, 2.24) is 15.1 Å². The smallest absolute Gasteiger partial charge is 0.255 e. The van der Waals surface area contributed by atoms with E-state index in [0.29, 0.717) is 12.6 Å². The van der Waals surface area contributed by atoms with Gasteiger partial charge in [-0.3, -0.25) is 9.69 Å². The zero-order valence-electron chi connectivity index (χ0n) is 15.0. The van der Waals surface area contributed by atoms with Crippen LogP contribution in [0.4, 0.5) is 0 Å². The molecule has 2 rings (SSSR count). The van der Waals surface area contributed by atoms with E-state index < -0.39 is 5.60 Å². The van der Waals surface area contributed by atoms with Crippen LogP contribution in [-0.2, 0) is 9.53 Å². The van der Waals surface area contributed by atoms with Crippen molar-refractivity contribution in [3.63, 3.8) is 0 Å². The maximum atomic E-state index is 13.0. The summed E-state index contributed by atoms with van der Waals surface area (Å²) in [6, 6.07) is 0.322. The van der Waals surface area contributed by atoms with E-state index in [-0.39, 0.29) is 36.8 Å². The van der Waals surface area contributed by atoms with Crippen LogP contribution < -0.4 is 5.32 Å². The third-order valence-electron chi connectivity index (χ3n) is 5.05. The quantitative estimate of drug-likeness (QED) is 0.735. The Balaban J connectivity index is 0.00000264. The van der Waals surface area contributed by atoms with Crippen molar-refractivity contribution in [3.05, 3.63) is 0 Å². The van der Waals surface area contributed by atoms with Gasteiger partial charge >= 0.3 is 0 Å². The molecule has 0 aromatic rings. The Labute approximate surface area is 158 Å². The standard InChI is InChI=1S/C16H31N3O3.2ClH/c1-4-14-12-19(10-9-18(14)11-13(2)20)15(21)16(22-3)5-7-17-8-6-16;;/h13-14,17,20H,4-12H2,1-3H3;2*1H. The Morgan fingerprint density at radius 3 is 2.46 bits per heavy atom. The molecular formula is C16H33Cl2N3O3. The lowest BCUT2D eigenvalue weighted by atomic mass is 9.89. The summed E-state index contributed by atoms with van der Waals surface area (Å²) in [5.74, 6) is 0.145. The number of piperazine rings is 1. The zero-order chi connectivity index (χ0) is 16.2. The molecule has 2 atom stereocenters. The summed E-state index contributed by atoms with van der Waals surface area (Å²) in [5.41, 5.74) is -0.643. The van der Waals surface area contributed by atoms with Gasteiger partial charge in [0.1, 0.15) is 5.60 Å². The number of aliphatic hydroxyl groups excluding tert-OH is 1. The first-order valence-electron chi connectivity index (χ1n) is 8.49. The van der Waals surface area contributed by atoms with Crippen molar-refractivity contribution in [3.8, 4) is 0 Å². The minimum absolute atomic E-state index is 0. The third-order valence-corrected chi connectivity index (χ3v) is 5.05. The highest BCUT2D eigenvalue weighted by Crippen LogP contribution is 2.27. The molecule has 2 fully saturated rings. The second-order valence-electron chi connectivity index (χ2n) is 6.61. The van der Waals surface area contributed by atoms with E-state index in [0.717, 1.165) is 52.0 Å². The summed E-state index contributed by atoms with van der Waals surface area (Å²) >= 11 is 0. The highest BCUT2D eigenvalue weighted by molar-refractivity contribution is 5.86. The number of amides is 1. The molecule has 0 aromatic carbocycles. The van der Waals surface area contributed by atoms with E-state index in [2.05, 4.69) is 17.1 Å². The molecular weight excluding hydrogens is 353 g/mol. The number of nitrogens with zero attached hydrogens (tertiary/aromatic N) is 2. The Kier molecular flexibility index (Phi) is 10.7. The van der Waals surface area contributed by atoms with Gasteiger partial charge in [0.2, 0.25) is 0 Å². The number of aliphatic hydroxyl groups is 1. The first kappa shape index (κ1) is 23.9. The average molecular weight is 386 g/mol. The summed E-state index contributed by atoms with van der Waals surface area (Å²) in [6.07, 6.45) is 2.14. The number of carbonyl (C=O) groups is 1. The zero-order valence-corrected chi connectivity index (χ0v) is 16.6. The lowest BCUT2D eigenvalue weighted by Gasteiger charge is -2.45. The first-order chi connectivity index (χ1) is 10.5. The van der Waals surface area contributed by atoms with Crippen LogP contribution in [-0.4, -0.2) is 84.9 Å². The molecule has 2 saturated heterocycles. The molecule has 6 nitrogen and oxygen atoms in total. The van der Waals surface area contributed by atoms with Crippen molar-refractivity contribution in [2.45, 2.75) is 50.9 Å². The number of methoxy groups -OCH3 is 1. The predicted molar refractivity (Wildman–Crippen MR) is 100 cm³/mol. The fourth-order valence-electron chi connectivity index (χ4n) is 3.67.